The van der Waals surface area contributed by atoms with E-state index in [1.54, 1.807) is 39.0 Å². The number of halogens is 1. The number of hydrogen-bond acceptors (Lipinski definition) is 6. The van der Waals surface area contributed by atoms with E-state index in [9.17, 15) is 22.9 Å². The van der Waals surface area contributed by atoms with Crippen molar-refractivity contribution < 1.29 is 17.7 Å². The minimum atomic E-state index is -3.99. The summed E-state index contributed by atoms with van der Waals surface area (Å²) in [6.45, 7) is 5.32. The average Bonchev–Trinajstić information content (AvgIpc) is 2.67. The molecule has 2 aromatic rings. The van der Waals surface area contributed by atoms with Crippen LogP contribution in [0.15, 0.2) is 52.5 Å². The van der Waals surface area contributed by atoms with Gasteiger partial charge in [0.25, 0.3) is 5.69 Å². The van der Waals surface area contributed by atoms with Crippen molar-refractivity contribution in [1.29, 1.82) is 0 Å². The van der Waals surface area contributed by atoms with E-state index in [2.05, 4.69) is 10.5 Å². The number of rotatable bonds is 8. The van der Waals surface area contributed by atoms with Gasteiger partial charge in [-0.05, 0) is 19.1 Å². The third-order valence-corrected chi connectivity index (χ3v) is 6.20. The van der Waals surface area contributed by atoms with E-state index in [1.165, 1.54) is 22.5 Å². The number of benzene rings is 2. The molecule has 0 fully saturated rings. The van der Waals surface area contributed by atoms with Crippen molar-refractivity contribution in [1.82, 2.24) is 4.31 Å². The minimum Gasteiger partial charge on any atom is -0.277 e. The van der Waals surface area contributed by atoms with Gasteiger partial charge in [0.15, 0.2) is 0 Å². The van der Waals surface area contributed by atoms with Crippen molar-refractivity contribution in [3.63, 3.8) is 0 Å². The molecule has 0 aromatic heterocycles. The molecule has 0 radical (unpaired) electrons. The Hall–Kier alpha value is -2.85. The highest BCUT2D eigenvalue weighted by molar-refractivity contribution is 7.89. The molecule has 0 aliphatic rings. The molecule has 2 rings (SSSR count). The highest BCUT2D eigenvalue weighted by Gasteiger charge is 2.27. The van der Waals surface area contributed by atoms with Gasteiger partial charge >= 0.3 is 0 Å². The maximum atomic E-state index is 13.9. The first kappa shape index (κ1) is 21.5. The van der Waals surface area contributed by atoms with Gasteiger partial charge in [-0.25, -0.2) is 12.8 Å². The van der Waals surface area contributed by atoms with Gasteiger partial charge in [0.1, 0.15) is 10.7 Å². The molecule has 0 aliphatic heterocycles. The Morgan fingerprint density at radius 2 is 1.86 bits per heavy atom. The fourth-order valence-corrected chi connectivity index (χ4v) is 4.21. The number of nitro groups is 1. The minimum absolute atomic E-state index is 0.0631. The van der Waals surface area contributed by atoms with E-state index >= 15 is 0 Å². The Labute approximate surface area is 162 Å². The number of sulfonamides is 1. The number of anilines is 1. The van der Waals surface area contributed by atoms with E-state index in [0.717, 1.165) is 6.07 Å². The Balaban J connectivity index is 2.51. The molecule has 0 unspecified atom stereocenters. The number of non-ortho nitro benzene ring substituents is 1. The SMILES string of the molecule is CCN(CC)S(=O)(=O)c1cc([N+](=O)[O-])ccc1NN=C(C)c1ccccc1F. The summed E-state index contributed by atoms with van der Waals surface area (Å²) < 4.78 is 40.9. The molecule has 0 saturated carbocycles. The van der Waals surface area contributed by atoms with Crippen LogP contribution in [0.25, 0.3) is 0 Å². The predicted molar refractivity (Wildman–Crippen MR) is 105 cm³/mol. The second kappa shape index (κ2) is 8.89. The highest BCUT2D eigenvalue weighted by atomic mass is 32.2. The Morgan fingerprint density at radius 3 is 2.43 bits per heavy atom. The van der Waals surface area contributed by atoms with Crippen LogP contribution in [0.5, 0.6) is 0 Å². The largest absolute Gasteiger partial charge is 0.277 e. The van der Waals surface area contributed by atoms with Crippen LogP contribution in [-0.4, -0.2) is 36.4 Å². The van der Waals surface area contributed by atoms with Crippen molar-refractivity contribution in [2.24, 2.45) is 5.10 Å². The summed E-state index contributed by atoms with van der Waals surface area (Å²) in [5, 5.41) is 15.2. The molecular weight excluding hydrogens is 387 g/mol. The lowest BCUT2D eigenvalue weighted by Crippen LogP contribution is -2.31. The quantitative estimate of drug-likeness (QED) is 0.408. The van der Waals surface area contributed by atoms with Gasteiger partial charge in [0.05, 0.1) is 16.3 Å². The lowest BCUT2D eigenvalue weighted by atomic mass is 10.1. The molecule has 150 valence electrons. The number of hydrogen-bond donors (Lipinski definition) is 1. The molecule has 0 spiro atoms. The first-order valence-electron chi connectivity index (χ1n) is 8.56. The van der Waals surface area contributed by atoms with Crippen LogP contribution in [0.3, 0.4) is 0 Å². The maximum absolute atomic E-state index is 13.9. The van der Waals surface area contributed by atoms with Crippen molar-refractivity contribution in [3.05, 3.63) is 64.0 Å². The van der Waals surface area contributed by atoms with Gasteiger partial charge in [0, 0.05) is 30.8 Å². The predicted octanol–water partition coefficient (Wildman–Crippen LogP) is 3.60. The molecule has 0 saturated heterocycles. The third kappa shape index (κ3) is 4.52. The van der Waals surface area contributed by atoms with Crippen molar-refractivity contribution >= 4 is 27.1 Å². The lowest BCUT2D eigenvalue weighted by Gasteiger charge is -2.20. The van der Waals surface area contributed by atoms with Crippen molar-refractivity contribution in [2.45, 2.75) is 25.7 Å². The van der Waals surface area contributed by atoms with E-state index in [-0.39, 0.29) is 34.9 Å². The number of nitro benzene ring substituents is 1. The van der Waals surface area contributed by atoms with Gasteiger partial charge < -0.3 is 0 Å². The summed E-state index contributed by atoms with van der Waals surface area (Å²) in [4.78, 5) is 10.2. The van der Waals surface area contributed by atoms with Gasteiger partial charge in [0.2, 0.25) is 10.0 Å². The zero-order valence-electron chi connectivity index (χ0n) is 15.7. The van der Waals surface area contributed by atoms with Gasteiger partial charge in [-0.1, -0.05) is 32.0 Å². The van der Waals surface area contributed by atoms with E-state index in [4.69, 9.17) is 0 Å². The molecule has 10 heteroatoms. The second-order valence-corrected chi connectivity index (χ2v) is 7.72. The first-order valence-corrected chi connectivity index (χ1v) is 10.00. The molecule has 28 heavy (non-hydrogen) atoms. The van der Waals surface area contributed by atoms with Gasteiger partial charge in [-0.3, -0.25) is 15.5 Å². The second-order valence-electron chi connectivity index (χ2n) is 5.82. The third-order valence-electron chi connectivity index (χ3n) is 4.11. The van der Waals surface area contributed by atoms with Crippen molar-refractivity contribution in [3.8, 4) is 0 Å². The Bertz CT molecular complexity index is 1000. The van der Waals surface area contributed by atoms with Crippen LogP contribution < -0.4 is 5.43 Å². The average molecular weight is 408 g/mol. The topological polar surface area (TPSA) is 105 Å². The zero-order chi connectivity index (χ0) is 20.9. The van der Waals surface area contributed by atoms with Gasteiger partial charge in [-0.2, -0.15) is 9.41 Å². The standard InChI is InChI=1S/C18H21FN4O4S/c1-4-22(5-2)28(26,27)18-12-14(23(24)25)10-11-17(18)21-20-13(3)15-8-6-7-9-16(15)19/h6-12,21H,4-5H2,1-3H3. The molecule has 0 atom stereocenters. The summed E-state index contributed by atoms with van der Waals surface area (Å²) in [6.07, 6.45) is 0. The molecule has 0 aliphatic carbocycles. The Kier molecular flexibility index (Phi) is 6.81. The summed E-state index contributed by atoms with van der Waals surface area (Å²) in [5.41, 5.74) is 2.86. The zero-order valence-corrected chi connectivity index (χ0v) is 16.5. The van der Waals surface area contributed by atoms with Gasteiger partial charge in [-0.15, -0.1) is 0 Å². The van der Waals surface area contributed by atoms with E-state index in [0.29, 0.717) is 5.71 Å². The molecule has 0 bridgehead atoms. The van der Waals surface area contributed by atoms with Crippen molar-refractivity contribution in [2.75, 3.05) is 18.5 Å². The smallest absolute Gasteiger partial charge is 0.270 e. The number of nitrogens with zero attached hydrogens (tertiary/aromatic N) is 3. The molecule has 8 nitrogen and oxygen atoms in total. The fourth-order valence-electron chi connectivity index (χ4n) is 2.59. The van der Waals surface area contributed by atoms with E-state index < -0.39 is 20.8 Å². The summed E-state index contributed by atoms with van der Waals surface area (Å²) in [5.74, 6) is -0.467. The highest BCUT2D eigenvalue weighted by Crippen LogP contribution is 2.29. The maximum Gasteiger partial charge on any atom is 0.270 e. The van der Waals surface area contributed by atoms with Crippen LogP contribution in [0, 0.1) is 15.9 Å². The first-order chi connectivity index (χ1) is 13.2. The van der Waals surface area contributed by atoms with Crippen LogP contribution in [0.2, 0.25) is 0 Å². The molecule has 1 N–H and O–H groups in total. The van der Waals surface area contributed by atoms with E-state index in [1.807, 2.05) is 0 Å². The summed E-state index contributed by atoms with van der Waals surface area (Å²) in [7, 11) is -3.99. The molecule has 0 heterocycles. The summed E-state index contributed by atoms with van der Waals surface area (Å²) in [6, 6.07) is 9.47. The number of nitrogens with one attached hydrogen (secondary N) is 1. The molecular formula is C18H21FN4O4S. The Morgan fingerprint density at radius 1 is 1.21 bits per heavy atom. The molecule has 0 amide bonds. The lowest BCUT2D eigenvalue weighted by molar-refractivity contribution is -0.385. The monoisotopic (exact) mass is 408 g/mol. The number of hydrazone groups is 1. The van der Waals surface area contributed by atoms with Crippen LogP contribution in [0.1, 0.15) is 26.3 Å². The van der Waals surface area contributed by atoms with Crippen LogP contribution >= 0.6 is 0 Å². The van der Waals surface area contributed by atoms with Crippen LogP contribution in [-0.2, 0) is 10.0 Å². The normalized spacial score (nSPS) is 12.2. The summed E-state index contributed by atoms with van der Waals surface area (Å²) >= 11 is 0. The fraction of sp³-hybridized carbons (Fsp3) is 0.278. The molecule has 2 aromatic carbocycles. The van der Waals surface area contributed by atoms with Crippen LogP contribution in [0.4, 0.5) is 15.8 Å².